The summed E-state index contributed by atoms with van der Waals surface area (Å²) in [6.45, 7) is 2.82. The van der Waals surface area contributed by atoms with Crippen molar-refractivity contribution in [1.29, 1.82) is 0 Å². The average Bonchev–Trinajstić information content (AvgIpc) is 3.74. The Morgan fingerprint density at radius 3 is 2.73 bits per heavy atom. The summed E-state index contributed by atoms with van der Waals surface area (Å²) in [5, 5.41) is 11.9. The van der Waals surface area contributed by atoms with Gasteiger partial charge in [0.25, 0.3) is 0 Å². The van der Waals surface area contributed by atoms with Gasteiger partial charge in [-0.25, -0.2) is 4.98 Å². The number of nitrogens with zero attached hydrogens (tertiary/aromatic N) is 5. The van der Waals surface area contributed by atoms with Crippen molar-refractivity contribution < 1.29 is 4.79 Å². The number of imidazole rings is 1. The van der Waals surface area contributed by atoms with Crippen molar-refractivity contribution in [2.45, 2.75) is 51.4 Å². The van der Waals surface area contributed by atoms with Crippen molar-refractivity contribution in [3.05, 3.63) is 54.1 Å². The van der Waals surface area contributed by atoms with Crippen LogP contribution in [0.1, 0.15) is 56.3 Å². The fourth-order valence-electron chi connectivity index (χ4n) is 6.23. The molecule has 1 saturated carbocycles. The summed E-state index contributed by atoms with van der Waals surface area (Å²) in [7, 11) is 0. The van der Waals surface area contributed by atoms with Crippen molar-refractivity contribution in [3.63, 3.8) is 0 Å². The minimum atomic E-state index is 0.0979. The van der Waals surface area contributed by atoms with E-state index in [0.29, 0.717) is 0 Å². The number of anilines is 1. The third kappa shape index (κ3) is 4.80. The second-order valence-electron chi connectivity index (χ2n) is 11.1. The lowest BCUT2D eigenvalue weighted by Gasteiger charge is -2.30. The lowest BCUT2D eigenvalue weighted by atomic mass is 10.0. The molecule has 1 saturated heterocycles. The zero-order valence-corrected chi connectivity index (χ0v) is 22.6. The van der Waals surface area contributed by atoms with E-state index in [0.717, 1.165) is 108 Å². The van der Waals surface area contributed by atoms with Crippen LogP contribution < -0.4 is 5.32 Å². The Morgan fingerprint density at radius 1 is 0.975 bits per heavy atom. The number of amides is 1. The van der Waals surface area contributed by atoms with Crippen LogP contribution in [0.5, 0.6) is 0 Å². The molecule has 1 aromatic carbocycles. The molecule has 1 amide bonds. The molecule has 7 rings (SSSR count). The molecule has 3 aliphatic rings. The highest BCUT2D eigenvalue weighted by atomic mass is 16.1. The molecular weight excluding hydrogens is 500 g/mol. The number of piperidine rings is 1. The maximum absolute atomic E-state index is 12.7. The summed E-state index contributed by atoms with van der Waals surface area (Å²) in [6.07, 6.45) is 16.3. The maximum Gasteiger partial charge on any atom is 0.227 e. The van der Waals surface area contributed by atoms with Gasteiger partial charge in [0.1, 0.15) is 11.4 Å². The number of aromatic nitrogens is 5. The molecule has 204 valence electrons. The second kappa shape index (κ2) is 10.7. The number of H-pyrrole nitrogens is 2. The van der Waals surface area contributed by atoms with E-state index in [9.17, 15) is 4.79 Å². The van der Waals surface area contributed by atoms with Crippen LogP contribution in [0.15, 0.2) is 47.7 Å². The van der Waals surface area contributed by atoms with Crippen LogP contribution in [-0.4, -0.2) is 61.8 Å². The molecule has 0 bridgehead atoms. The van der Waals surface area contributed by atoms with Crippen molar-refractivity contribution in [2.24, 2.45) is 10.9 Å². The zero-order valence-electron chi connectivity index (χ0n) is 22.6. The summed E-state index contributed by atoms with van der Waals surface area (Å²) in [5.74, 6) is 0.965. The van der Waals surface area contributed by atoms with E-state index in [2.05, 4.69) is 53.6 Å². The fraction of sp³-hybridized carbons (Fsp3) is 0.387. The Labute approximate surface area is 233 Å². The van der Waals surface area contributed by atoms with Gasteiger partial charge < -0.3 is 15.2 Å². The number of carbonyl (C=O) groups is 1. The van der Waals surface area contributed by atoms with Crippen molar-refractivity contribution in [2.75, 3.05) is 25.0 Å². The third-order valence-corrected chi connectivity index (χ3v) is 8.40. The van der Waals surface area contributed by atoms with Gasteiger partial charge in [-0.05, 0) is 61.9 Å². The van der Waals surface area contributed by atoms with Gasteiger partial charge in [0.2, 0.25) is 5.91 Å². The Balaban J connectivity index is 1.21. The van der Waals surface area contributed by atoms with E-state index in [1.807, 2.05) is 24.5 Å². The number of aliphatic imine (C=N–C) groups is 1. The van der Waals surface area contributed by atoms with Crippen LogP contribution in [0.25, 0.3) is 39.2 Å². The summed E-state index contributed by atoms with van der Waals surface area (Å²) in [4.78, 5) is 32.8. The van der Waals surface area contributed by atoms with Gasteiger partial charge in [-0.2, -0.15) is 5.10 Å². The topological polar surface area (TPSA) is 115 Å². The van der Waals surface area contributed by atoms with Gasteiger partial charge in [0.15, 0.2) is 5.82 Å². The SMILES string of the molecule is O=C(Nc1cncc(-c2ccc3[nH]nc(-c4nc5c([nH]4)CCN=C/C=C\5N4CCCCC4)c3c2)c1)C1CCCC1. The van der Waals surface area contributed by atoms with Crippen LogP contribution >= 0.6 is 0 Å². The smallest absolute Gasteiger partial charge is 0.227 e. The van der Waals surface area contributed by atoms with Gasteiger partial charge >= 0.3 is 0 Å². The number of pyridine rings is 1. The quantitative estimate of drug-likeness (QED) is 0.308. The third-order valence-electron chi connectivity index (χ3n) is 8.40. The monoisotopic (exact) mass is 534 g/mol. The number of hydrogen-bond acceptors (Lipinski definition) is 6. The average molecular weight is 535 g/mol. The number of allylic oxidation sites excluding steroid dienone is 1. The molecule has 0 spiro atoms. The Hall–Kier alpha value is -4.27. The van der Waals surface area contributed by atoms with Crippen LogP contribution in [0.4, 0.5) is 5.69 Å². The highest BCUT2D eigenvalue weighted by Gasteiger charge is 2.24. The first-order chi connectivity index (χ1) is 19.7. The molecule has 9 heteroatoms. The lowest BCUT2D eigenvalue weighted by molar-refractivity contribution is -0.119. The molecule has 1 aliphatic carbocycles. The van der Waals surface area contributed by atoms with E-state index in [1.165, 1.54) is 19.3 Å². The number of fused-ring (bicyclic) bond motifs is 2. The molecule has 9 nitrogen and oxygen atoms in total. The molecule has 0 radical (unpaired) electrons. The summed E-state index contributed by atoms with van der Waals surface area (Å²) in [6, 6.07) is 8.21. The Morgan fingerprint density at radius 2 is 1.85 bits per heavy atom. The van der Waals surface area contributed by atoms with Crippen LogP contribution in [0.3, 0.4) is 0 Å². The van der Waals surface area contributed by atoms with E-state index in [4.69, 9.17) is 4.98 Å². The minimum absolute atomic E-state index is 0.0979. The Kier molecular flexibility index (Phi) is 6.63. The predicted octanol–water partition coefficient (Wildman–Crippen LogP) is 5.60. The molecule has 3 aromatic heterocycles. The van der Waals surface area contributed by atoms with Gasteiger partial charge in [0, 0.05) is 61.0 Å². The Bertz CT molecular complexity index is 1600. The number of aromatic amines is 2. The van der Waals surface area contributed by atoms with Crippen LogP contribution in [0.2, 0.25) is 0 Å². The van der Waals surface area contributed by atoms with E-state index >= 15 is 0 Å². The minimum Gasteiger partial charge on any atom is -0.370 e. The van der Waals surface area contributed by atoms with E-state index in [-0.39, 0.29) is 11.8 Å². The van der Waals surface area contributed by atoms with Gasteiger partial charge in [-0.1, -0.05) is 18.9 Å². The van der Waals surface area contributed by atoms with Crippen molar-refractivity contribution in [3.8, 4) is 22.6 Å². The number of benzene rings is 1. The standard InChI is InChI=1S/C31H34N8O/c40-31(20-6-2-3-7-20)34-23-16-22(18-33-19-23)21-8-9-25-24(17-21)28(38-37-25)30-35-26-10-12-32-13-11-27(29(26)36-30)39-14-4-1-5-15-39/h8-9,11,13,16-20H,1-7,10,12,14-15H2,(H,34,40)(H,35,36)(H,37,38)/b27-11+,32-13?. The van der Waals surface area contributed by atoms with Gasteiger partial charge in [-0.15, -0.1) is 0 Å². The summed E-state index contributed by atoms with van der Waals surface area (Å²) < 4.78 is 0. The highest BCUT2D eigenvalue weighted by molar-refractivity contribution is 5.96. The molecule has 2 aliphatic heterocycles. The number of carbonyl (C=O) groups excluding carboxylic acids is 1. The van der Waals surface area contributed by atoms with E-state index < -0.39 is 0 Å². The summed E-state index contributed by atoms with van der Waals surface area (Å²) >= 11 is 0. The molecule has 0 atom stereocenters. The fourth-order valence-corrected chi connectivity index (χ4v) is 6.23. The molecule has 2 fully saturated rings. The normalized spacial score (nSPS) is 19.2. The lowest BCUT2D eigenvalue weighted by Crippen LogP contribution is -2.29. The first-order valence-corrected chi connectivity index (χ1v) is 14.5. The first kappa shape index (κ1) is 24.7. The van der Waals surface area contributed by atoms with Crippen molar-refractivity contribution >= 4 is 34.4 Å². The van der Waals surface area contributed by atoms with Crippen molar-refractivity contribution in [1.82, 2.24) is 30.0 Å². The molecule has 40 heavy (non-hydrogen) atoms. The van der Waals surface area contributed by atoms with Crippen LogP contribution in [-0.2, 0) is 11.2 Å². The molecular formula is C31H34N8O. The molecule has 0 unspecified atom stereocenters. The van der Waals surface area contributed by atoms with Gasteiger partial charge in [0.05, 0.1) is 23.1 Å². The first-order valence-electron chi connectivity index (χ1n) is 14.5. The molecule has 5 heterocycles. The molecule has 3 N–H and O–H groups in total. The van der Waals surface area contributed by atoms with E-state index in [1.54, 1.807) is 6.20 Å². The largest absolute Gasteiger partial charge is 0.370 e. The second-order valence-corrected chi connectivity index (χ2v) is 11.1. The maximum atomic E-state index is 12.7. The number of hydrogen-bond donors (Lipinski definition) is 3. The number of nitrogens with one attached hydrogen (secondary N) is 3. The number of rotatable bonds is 5. The molecule has 4 aromatic rings. The predicted molar refractivity (Wildman–Crippen MR) is 158 cm³/mol. The van der Waals surface area contributed by atoms with Gasteiger partial charge in [-0.3, -0.25) is 19.9 Å². The summed E-state index contributed by atoms with van der Waals surface area (Å²) in [5.41, 5.74) is 7.66. The zero-order chi connectivity index (χ0) is 26.9. The highest BCUT2D eigenvalue weighted by Crippen LogP contribution is 2.33. The van der Waals surface area contributed by atoms with Crippen LogP contribution in [0, 0.1) is 5.92 Å². The number of likely N-dealkylation sites (tertiary alicyclic amines) is 1.